The van der Waals surface area contributed by atoms with Crippen LogP contribution in [0.4, 0.5) is 5.69 Å². The van der Waals surface area contributed by atoms with Crippen LogP contribution in [0.15, 0.2) is 97.3 Å². The predicted molar refractivity (Wildman–Crippen MR) is 127 cm³/mol. The van der Waals surface area contributed by atoms with Gasteiger partial charge in [-0.3, -0.25) is 0 Å². The second-order valence-electron chi connectivity index (χ2n) is 7.70. The van der Waals surface area contributed by atoms with Crippen LogP contribution in [0.1, 0.15) is 20.3 Å². The molecule has 4 aromatic rings. The van der Waals surface area contributed by atoms with Crippen molar-refractivity contribution in [3.8, 4) is 22.5 Å². The summed E-state index contributed by atoms with van der Waals surface area (Å²) in [7, 11) is 0. The Hall–Kier alpha value is -3.33. The van der Waals surface area contributed by atoms with Crippen molar-refractivity contribution in [2.75, 3.05) is 11.4 Å². The Kier molecular flexibility index (Phi) is 6.29. The first kappa shape index (κ1) is 20.0. The van der Waals surface area contributed by atoms with Gasteiger partial charge in [-0.05, 0) is 25.5 Å². The van der Waals surface area contributed by atoms with E-state index < -0.39 is 0 Å². The van der Waals surface area contributed by atoms with Crippen LogP contribution in [0.2, 0.25) is 0 Å². The van der Waals surface area contributed by atoms with E-state index in [1.807, 2.05) is 12.4 Å². The van der Waals surface area contributed by atoms with Crippen LogP contribution < -0.4 is 4.90 Å². The third-order valence-electron chi connectivity index (χ3n) is 5.48. The van der Waals surface area contributed by atoms with E-state index in [-0.39, 0.29) is 0 Å². The standard InChI is InChI=1S/C27H29N3/c1-3-19-30(25-17-11-6-12-18-25)22(2)20-29-21-28-26(23-13-7-4-8-14-23)27(29)24-15-9-5-10-16-24/h4-18,21-22H,3,19-20H2,1-2H3. The molecule has 1 aromatic heterocycles. The molecule has 0 spiro atoms. The van der Waals surface area contributed by atoms with Crippen molar-refractivity contribution in [2.24, 2.45) is 0 Å². The highest BCUT2D eigenvalue weighted by molar-refractivity contribution is 5.78. The van der Waals surface area contributed by atoms with Crippen LogP contribution in [0.3, 0.4) is 0 Å². The summed E-state index contributed by atoms with van der Waals surface area (Å²) in [5.74, 6) is 0. The summed E-state index contributed by atoms with van der Waals surface area (Å²) >= 11 is 0. The summed E-state index contributed by atoms with van der Waals surface area (Å²) < 4.78 is 2.31. The lowest BCUT2D eigenvalue weighted by Gasteiger charge is -2.32. The number of rotatable bonds is 8. The topological polar surface area (TPSA) is 21.1 Å². The molecule has 3 nitrogen and oxygen atoms in total. The van der Waals surface area contributed by atoms with E-state index in [1.54, 1.807) is 0 Å². The molecule has 4 rings (SSSR count). The van der Waals surface area contributed by atoms with Crippen molar-refractivity contribution in [2.45, 2.75) is 32.9 Å². The molecule has 0 bridgehead atoms. The van der Waals surface area contributed by atoms with Gasteiger partial charge in [0.2, 0.25) is 0 Å². The minimum absolute atomic E-state index is 0.340. The summed E-state index contributed by atoms with van der Waals surface area (Å²) in [6, 6.07) is 32.1. The van der Waals surface area contributed by atoms with E-state index in [2.05, 4.69) is 108 Å². The van der Waals surface area contributed by atoms with Crippen molar-refractivity contribution in [3.63, 3.8) is 0 Å². The molecule has 0 aliphatic carbocycles. The molecule has 0 aliphatic heterocycles. The van der Waals surface area contributed by atoms with Crippen molar-refractivity contribution >= 4 is 5.69 Å². The van der Waals surface area contributed by atoms with E-state index >= 15 is 0 Å². The molecule has 0 amide bonds. The number of hydrogen-bond donors (Lipinski definition) is 0. The quantitative estimate of drug-likeness (QED) is 0.338. The van der Waals surface area contributed by atoms with Gasteiger partial charge in [-0.1, -0.05) is 85.8 Å². The number of imidazole rings is 1. The number of benzene rings is 3. The Bertz CT molecular complexity index is 1040. The molecule has 3 heteroatoms. The van der Waals surface area contributed by atoms with Crippen LogP contribution in [-0.2, 0) is 6.54 Å². The average Bonchev–Trinajstić information content (AvgIpc) is 3.22. The summed E-state index contributed by atoms with van der Waals surface area (Å²) in [5.41, 5.74) is 5.84. The molecule has 152 valence electrons. The van der Waals surface area contributed by atoms with Crippen molar-refractivity contribution < 1.29 is 0 Å². The van der Waals surface area contributed by atoms with Gasteiger partial charge >= 0.3 is 0 Å². The molecule has 1 heterocycles. The normalized spacial score (nSPS) is 11.9. The second kappa shape index (κ2) is 9.45. The maximum atomic E-state index is 4.84. The lowest BCUT2D eigenvalue weighted by atomic mass is 10.0. The fourth-order valence-corrected chi connectivity index (χ4v) is 4.07. The van der Waals surface area contributed by atoms with E-state index in [4.69, 9.17) is 4.98 Å². The first-order chi connectivity index (χ1) is 14.8. The maximum absolute atomic E-state index is 4.84. The largest absolute Gasteiger partial charge is 0.367 e. The fourth-order valence-electron chi connectivity index (χ4n) is 4.07. The summed E-state index contributed by atoms with van der Waals surface area (Å²) in [5, 5.41) is 0. The highest BCUT2D eigenvalue weighted by Crippen LogP contribution is 2.31. The summed E-state index contributed by atoms with van der Waals surface area (Å²) in [6.45, 7) is 6.45. The molecule has 0 radical (unpaired) electrons. The van der Waals surface area contributed by atoms with Gasteiger partial charge in [-0.2, -0.15) is 0 Å². The second-order valence-corrected chi connectivity index (χ2v) is 7.70. The van der Waals surface area contributed by atoms with Crippen molar-refractivity contribution in [3.05, 3.63) is 97.3 Å². The van der Waals surface area contributed by atoms with Gasteiger partial charge in [0.1, 0.15) is 0 Å². The minimum atomic E-state index is 0.340. The van der Waals surface area contributed by atoms with Gasteiger partial charge in [0.25, 0.3) is 0 Å². The highest BCUT2D eigenvalue weighted by Gasteiger charge is 2.19. The Morgan fingerprint density at radius 2 is 1.37 bits per heavy atom. The van der Waals surface area contributed by atoms with Crippen molar-refractivity contribution in [1.82, 2.24) is 9.55 Å². The number of nitrogens with zero attached hydrogens (tertiary/aromatic N) is 3. The monoisotopic (exact) mass is 395 g/mol. The Labute approximate surface area is 179 Å². The zero-order valence-electron chi connectivity index (χ0n) is 17.8. The van der Waals surface area contributed by atoms with Gasteiger partial charge in [-0.25, -0.2) is 4.98 Å². The number of para-hydroxylation sites is 1. The molecular weight excluding hydrogens is 366 g/mol. The molecule has 3 aromatic carbocycles. The maximum Gasteiger partial charge on any atom is 0.0963 e. The third-order valence-corrected chi connectivity index (χ3v) is 5.48. The molecule has 0 N–H and O–H groups in total. The zero-order chi connectivity index (χ0) is 20.8. The van der Waals surface area contributed by atoms with E-state index in [0.29, 0.717) is 6.04 Å². The smallest absolute Gasteiger partial charge is 0.0963 e. The van der Waals surface area contributed by atoms with Crippen LogP contribution in [0, 0.1) is 0 Å². The van der Waals surface area contributed by atoms with Gasteiger partial charge < -0.3 is 9.47 Å². The first-order valence-corrected chi connectivity index (χ1v) is 10.8. The SMILES string of the molecule is CCCN(c1ccccc1)C(C)Cn1cnc(-c2ccccc2)c1-c1ccccc1. The summed E-state index contributed by atoms with van der Waals surface area (Å²) in [4.78, 5) is 7.34. The Morgan fingerprint density at radius 1 is 0.800 bits per heavy atom. The Balaban J connectivity index is 1.71. The number of aromatic nitrogens is 2. The van der Waals surface area contributed by atoms with E-state index in [0.717, 1.165) is 30.8 Å². The lowest BCUT2D eigenvalue weighted by molar-refractivity contribution is 0.538. The first-order valence-electron chi connectivity index (χ1n) is 10.8. The van der Waals surface area contributed by atoms with Crippen LogP contribution in [0.25, 0.3) is 22.5 Å². The fraction of sp³-hybridized carbons (Fsp3) is 0.222. The zero-order valence-corrected chi connectivity index (χ0v) is 17.8. The van der Waals surface area contributed by atoms with Gasteiger partial charge in [0.15, 0.2) is 0 Å². The van der Waals surface area contributed by atoms with Crippen molar-refractivity contribution in [1.29, 1.82) is 0 Å². The molecule has 0 saturated heterocycles. The molecule has 1 atom stereocenters. The van der Waals surface area contributed by atoms with Crippen LogP contribution in [0.5, 0.6) is 0 Å². The molecule has 1 unspecified atom stereocenters. The van der Waals surface area contributed by atoms with Gasteiger partial charge in [0.05, 0.1) is 17.7 Å². The predicted octanol–water partition coefficient (Wildman–Crippen LogP) is 6.52. The molecular formula is C27H29N3. The lowest BCUT2D eigenvalue weighted by Crippen LogP contribution is -2.37. The number of hydrogen-bond acceptors (Lipinski definition) is 2. The number of anilines is 1. The van der Waals surface area contributed by atoms with E-state index in [1.165, 1.54) is 16.9 Å². The average molecular weight is 396 g/mol. The molecule has 0 aliphatic rings. The summed E-state index contributed by atoms with van der Waals surface area (Å²) in [6.07, 6.45) is 3.11. The molecule has 30 heavy (non-hydrogen) atoms. The van der Waals surface area contributed by atoms with Gasteiger partial charge in [-0.15, -0.1) is 0 Å². The van der Waals surface area contributed by atoms with Crippen LogP contribution in [-0.4, -0.2) is 22.1 Å². The Morgan fingerprint density at radius 3 is 1.97 bits per heavy atom. The van der Waals surface area contributed by atoms with E-state index in [9.17, 15) is 0 Å². The highest BCUT2D eigenvalue weighted by atomic mass is 15.2. The minimum Gasteiger partial charge on any atom is -0.367 e. The third kappa shape index (κ3) is 4.30. The molecule has 0 saturated carbocycles. The van der Waals surface area contributed by atoms with Crippen LogP contribution >= 0.6 is 0 Å². The molecule has 0 fully saturated rings. The van der Waals surface area contributed by atoms with Gasteiger partial charge in [0, 0.05) is 35.9 Å².